The Morgan fingerprint density at radius 3 is 2.47 bits per heavy atom. The third-order valence-corrected chi connectivity index (χ3v) is 2.66. The second-order valence-corrected chi connectivity index (χ2v) is 4.12. The van der Waals surface area contributed by atoms with Crippen molar-refractivity contribution in [2.75, 3.05) is 20.3 Å². The first-order valence-electron chi connectivity index (χ1n) is 5.86. The summed E-state index contributed by atoms with van der Waals surface area (Å²) in [5.41, 5.74) is -0.396. The summed E-state index contributed by atoms with van der Waals surface area (Å²) < 4.78 is 5.48. The number of nitrogens with zero attached hydrogens (tertiary/aromatic N) is 1. The molecule has 1 atom stereocenters. The van der Waals surface area contributed by atoms with Crippen molar-refractivity contribution < 1.29 is 4.74 Å². The molecular formula is C12H24N2O. The second-order valence-electron chi connectivity index (χ2n) is 4.12. The van der Waals surface area contributed by atoms with E-state index in [0.717, 1.165) is 32.5 Å². The van der Waals surface area contributed by atoms with Crippen LogP contribution in [0.15, 0.2) is 0 Å². The molecule has 0 heterocycles. The van der Waals surface area contributed by atoms with E-state index in [2.05, 4.69) is 18.3 Å². The Morgan fingerprint density at radius 1 is 1.27 bits per heavy atom. The summed E-state index contributed by atoms with van der Waals surface area (Å²) in [5, 5.41) is 11.9. The van der Waals surface area contributed by atoms with Crippen molar-refractivity contribution in [1.29, 1.82) is 5.26 Å². The average Bonchev–Trinajstić information content (AvgIpc) is 2.27. The fourth-order valence-electron chi connectivity index (χ4n) is 1.32. The van der Waals surface area contributed by atoms with E-state index in [1.165, 1.54) is 12.8 Å². The number of rotatable bonds is 9. The molecule has 0 aliphatic rings. The van der Waals surface area contributed by atoms with Crippen LogP contribution in [0.2, 0.25) is 0 Å². The minimum Gasteiger partial charge on any atom is -0.381 e. The summed E-state index contributed by atoms with van der Waals surface area (Å²) >= 11 is 0. The van der Waals surface area contributed by atoms with Gasteiger partial charge in [-0.15, -0.1) is 0 Å². The fraction of sp³-hybridized carbons (Fsp3) is 0.917. The molecule has 0 radical (unpaired) electrons. The van der Waals surface area contributed by atoms with Gasteiger partial charge in [0.2, 0.25) is 0 Å². The molecule has 88 valence electrons. The summed E-state index contributed by atoms with van der Waals surface area (Å²) in [5.74, 6) is 0. The van der Waals surface area contributed by atoms with Crippen molar-refractivity contribution >= 4 is 0 Å². The summed E-state index contributed by atoms with van der Waals surface area (Å²) in [4.78, 5) is 0. The van der Waals surface area contributed by atoms with E-state index in [0.29, 0.717) is 0 Å². The highest BCUT2D eigenvalue weighted by Crippen LogP contribution is 2.10. The van der Waals surface area contributed by atoms with Crippen molar-refractivity contribution in [2.45, 2.75) is 51.5 Å². The lowest BCUT2D eigenvalue weighted by atomic mass is 9.98. The molecule has 0 aromatic rings. The Bertz CT molecular complexity index is 189. The van der Waals surface area contributed by atoms with Gasteiger partial charge in [-0.05, 0) is 33.2 Å². The van der Waals surface area contributed by atoms with Crippen LogP contribution in [0.3, 0.4) is 0 Å². The first-order chi connectivity index (χ1) is 7.18. The Morgan fingerprint density at radius 2 is 1.93 bits per heavy atom. The van der Waals surface area contributed by atoms with Crippen LogP contribution in [-0.4, -0.2) is 25.8 Å². The van der Waals surface area contributed by atoms with Crippen molar-refractivity contribution in [1.82, 2.24) is 5.32 Å². The summed E-state index contributed by atoms with van der Waals surface area (Å²) in [6.07, 6.45) is 5.41. The van der Waals surface area contributed by atoms with Crippen LogP contribution in [-0.2, 0) is 4.74 Å². The van der Waals surface area contributed by atoms with Gasteiger partial charge >= 0.3 is 0 Å². The zero-order valence-corrected chi connectivity index (χ0v) is 10.3. The molecule has 0 spiro atoms. The zero-order valence-electron chi connectivity index (χ0n) is 10.3. The molecule has 0 fully saturated rings. The number of nitrogens with one attached hydrogen (secondary N) is 1. The molecule has 3 heteroatoms. The van der Waals surface area contributed by atoms with E-state index < -0.39 is 5.54 Å². The van der Waals surface area contributed by atoms with E-state index in [1.807, 2.05) is 14.0 Å². The van der Waals surface area contributed by atoms with Crippen LogP contribution in [0.4, 0.5) is 0 Å². The number of nitriles is 1. The van der Waals surface area contributed by atoms with Crippen molar-refractivity contribution in [2.24, 2.45) is 0 Å². The average molecular weight is 212 g/mol. The maximum Gasteiger partial charge on any atom is 0.103 e. The van der Waals surface area contributed by atoms with Crippen LogP contribution in [0, 0.1) is 11.3 Å². The number of hydrogen-bond donors (Lipinski definition) is 1. The summed E-state index contributed by atoms with van der Waals surface area (Å²) in [6.45, 7) is 5.73. The van der Waals surface area contributed by atoms with E-state index >= 15 is 0 Å². The molecule has 0 aromatic carbocycles. The number of unbranched alkanes of at least 4 members (excludes halogenated alkanes) is 2. The quantitative estimate of drug-likeness (QED) is 0.597. The highest BCUT2D eigenvalue weighted by Gasteiger charge is 2.19. The molecule has 0 aromatic heterocycles. The van der Waals surface area contributed by atoms with Gasteiger partial charge in [0.05, 0.1) is 6.07 Å². The minimum absolute atomic E-state index is 0.396. The van der Waals surface area contributed by atoms with E-state index in [1.54, 1.807) is 0 Å². The van der Waals surface area contributed by atoms with Crippen molar-refractivity contribution in [3.05, 3.63) is 0 Å². The number of hydrogen-bond acceptors (Lipinski definition) is 3. The van der Waals surface area contributed by atoms with E-state index in [9.17, 15) is 0 Å². The molecular weight excluding hydrogens is 188 g/mol. The molecule has 0 saturated carbocycles. The van der Waals surface area contributed by atoms with Gasteiger partial charge in [-0.2, -0.15) is 5.26 Å². The Labute approximate surface area is 93.8 Å². The van der Waals surface area contributed by atoms with Gasteiger partial charge < -0.3 is 10.1 Å². The third kappa shape index (κ3) is 7.35. The standard InChI is InChI=1S/C12H24N2O/c1-4-5-6-9-15-10-7-8-12(2,11-13)14-3/h14H,4-10H2,1-3H3. The molecule has 0 saturated heterocycles. The lowest BCUT2D eigenvalue weighted by molar-refractivity contribution is 0.123. The lowest BCUT2D eigenvalue weighted by Gasteiger charge is -2.20. The Balaban J connectivity index is 3.35. The van der Waals surface area contributed by atoms with Crippen LogP contribution in [0.5, 0.6) is 0 Å². The molecule has 0 amide bonds. The van der Waals surface area contributed by atoms with Crippen LogP contribution < -0.4 is 5.32 Å². The molecule has 3 nitrogen and oxygen atoms in total. The molecule has 1 N–H and O–H groups in total. The van der Waals surface area contributed by atoms with Gasteiger partial charge in [0, 0.05) is 13.2 Å². The zero-order chi connectivity index (χ0) is 11.6. The molecule has 0 aliphatic carbocycles. The lowest BCUT2D eigenvalue weighted by Crippen LogP contribution is -2.38. The summed E-state index contributed by atoms with van der Waals surface area (Å²) in [7, 11) is 1.82. The van der Waals surface area contributed by atoms with Gasteiger partial charge in [-0.1, -0.05) is 19.8 Å². The molecule has 1 unspecified atom stereocenters. The smallest absolute Gasteiger partial charge is 0.103 e. The predicted molar refractivity (Wildman–Crippen MR) is 62.7 cm³/mol. The topological polar surface area (TPSA) is 45.0 Å². The molecule has 0 aliphatic heterocycles. The normalized spacial score (nSPS) is 14.5. The predicted octanol–water partition coefficient (Wildman–Crippen LogP) is 2.48. The van der Waals surface area contributed by atoms with Gasteiger partial charge in [0.25, 0.3) is 0 Å². The molecule has 0 bridgehead atoms. The van der Waals surface area contributed by atoms with Crippen LogP contribution in [0.1, 0.15) is 46.0 Å². The second kappa shape index (κ2) is 8.70. The Hall–Kier alpha value is -0.590. The maximum absolute atomic E-state index is 8.90. The molecule has 0 rings (SSSR count). The minimum atomic E-state index is -0.396. The van der Waals surface area contributed by atoms with Crippen molar-refractivity contribution in [3.8, 4) is 6.07 Å². The van der Waals surface area contributed by atoms with Gasteiger partial charge in [0.15, 0.2) is 0 Å². The van der Waals surface area contributed by atoms with E-state index in [-0.39, 0.29) is 0 Å². The van der Waals surface area contributed by atoms with Crippen molar-refractivity contribution in [3.63, 3.8) is 0 Å². The third-order valence-electron chi connectivity index (χ3n) is 2.66. The molecule has 15 heavy (non-hydrogen) atoms. The largest absolute Gasteiger partial charge is 0.381 e. The SMILES string of the molecule is CCCCCOCCCC(C)(C#N)NC. The first-order valence-corrected chi connectivity index (χ1v) is 5.86. The van der Waals surface area contributed by atoms with Crippen LogP contribution >= 0.6 is 0 Å². The van der Waals surface area contributed by atoms with Crippen LogP contribution in [0.25, 0.3) is 0 Å². The fourth-order valence-corrected chi connectivity index (χ4v) is 1.32. The summed E-state index contributed by atoms with van der Waals surface area (Å²) in [6, 6.07) is 2.27. The first kappa shape index (κ1) is 14.4. The van der Waals surface area contributed by atoms with Gasteiger partial charge in [-0.25, -0.2) is 0 Å². The monoisotopic (exact) mass is 212 g/mol. The Kier molecular flexibility index (Phi) is 8.35. The van der Waals surface area contributed by atoms with E-state index in [4.69, 9.17) is 10.00 Å². The maximum atomic E-state index is 8.90. The highest BCUT2D eigenvalue weighted by atomic mass is 16.5. The highest BCUT2D eigenvalue weighted by molar-refractivity contribution is 5.02. The van der Waals surface area contributed by atoms with Gasteiger partial charge in [-0.3, -0.25) is 0 Å². The number of ether oxygens (including phenoxy) is 1. The van der Waals surface area contributed by atoms with Gasteiger partial charge in [0.1, 0.15) is 5.54 Å².